The van der Waals surface area contributed by atoms with Crippen LogP contribution in [0.4, 0.5) is 0 Å². The Morgan fingerprint density at radius 1 is 0.386 bits per heavy atom. The second-order valence-corrected chi connectivity index (χ2v) is 11.2. The standard InChI is InChI=1S/C41H29N3/c1-4-10-28(11-5-1)31-16-18-35-26-37(22-20-33(35)24-31)40-42-39(30-14-8-3-9-15-30)43-41(44-40)38-23-21-34-25-32(17-19-36(34)27-38)29-12-6-2-7-13-29/h1-27,40H,(H,42,43,44). The fraction of sp³-hybridized carbons (Fsp3) is 0.0244. The third-order valence-electron chi connectivity index (χ3n) is 8.28. The van der Waals surface area contributed by atoms with E-state index in [1.807, 2.05) is 24.3 Å². The average molecular weight is 564 g/mol. The maximum atomic E-state index is 5.16. The molecule has 0 amide bonds. The van der Waals surface area contributed by atoms with Crippen LogP contribution in [0.15, 0.2) is 174 Å². The number of fused-ring (bicyclic) bond motifs is 2. The van der Waals surface area contributed by atoms with Gasteiger partial charge in [0.25, 0.3) is 0 Å². The smallest absolute Gasteiger partial charge is 0.159 e. The van der Waals surface area contributed by atoms with Crippen molar-refractivity contribution in [3.8, 4) is 22.3 Å². The number of rotatable bonds is 5. The van der Waals surface area contributed by atoms with E-state index >= 15 is 0 Å². The molecule has 3 heteroatoms. The third-order valence-corrected chi connectivity index (χ3v) is 8.28. The molecule has 0 radical (unpaired) electrons. The molecule has 0 fully saturated rings. The van der Waals surface area contributed by atoms with Crippen molar-refractivity contribution in [3.05, 3.63) is 180 Å². The Balaban J connectivity index is 1.17. The van der Waals surface area contributed by atoms with Crippen molar-refractivity contribution in [2.24, 2.45) is 9.98 Å². The van der Waals surface area contributed by atoms with E-state index in [2.05, 4.69) is 145 Å². The van der Waals surface area contributed by atoms with Crippen LogP contribution >= 0.6 is 0 Å². The van der Waals surface area contributed by atoms with Crippen LogP contribution in [0.25, 0.3) is 43.8 Å². The van der Waals surface area contributed by atoms with Gasteiger partial charge in [-0.15, -0.1) is 0 Å². The van der Waals surface area contributed by atoms with E-state index in [9.17, 15) is 0 Å². The lowest BCUT2D eigenvalue weighted by Crippen LogP contribution is -2.33. The van der Waals surface area contributed by atoms with Gasteiger partial charge in [0.1, 0.15) is 12.0 Å². The first-order valence-electron chi connectivity index (χ1n) is 14.9. The van der Waals surface area contributed by atoms with E-state index in [0.717, 1.165) is 33.7 Å². The van der Waals surface area contributed by atoms with Crippen molar-refractivity contribution in [3.63, 3.8) is 0 Å². The second-order valence-electron chi connectivity index (χ2n) is 11.2. The Morgan fingerprint density at radius 3 is 1.41 bits per heavy atom. The molecular weight excluding hydrogens is 534 g/mol. The van der Waals surface area contributed by atoms with Crippen LogP contribution in [0.2, 0.25) is 0 Å². The van der Waals surface area contributed by atoms with Crippen LogP contribution in [0.1, 0.15) is 22.9 Å². The zero-order chi connectivity index (χ0) is 29.3. The molecule has 1 atom stereocenters. The summed E-state index contributed by atoms with van der Waals surface area (Å²) >= 11 is 0. The van der Waals surface area contributed by atoms with E-state index in [1.165, 1.54) is 38.4 Å². The zero-order valence-corrected chi connectivity index (χ0v) is 24.1. The number of hydrogen-bond acceptors (Lipinski definition) is 3. The summed E-state index contributed by atoms with van der Waals surface area (Å²) in [5.41, 5.74) is 7.99. The largest absolute Gasteiger partial charge is 0.344 e. The second kappa shape index (κ2) is 11.1. The Kier molecular flexibility index (Phi) is 6.54. The minimum absolute atomic E-state index is 0.271. The molecule has 7 aromatic carbocycles. The van der Waals surface area contributed by atoms with Crippen molar-refractivity contribution >= 4 is 33.2 Å². The lowest BCUT2D eigenvalue weighted by molar-refractivity contribution is 0.675. The van der Waals surface area contributed by atoms with Crippen LogP contribution in [-0.2, 0) is 0 Å². The number of nitrogens with zero attached hydrogens (tertiary/aromatic N) is 2. The first kappa shape index (κ1) is 25.9. The molecule has 7 aromatic rings. The molecule has 0 saturated carbocycles. The lowest BCUT2D eigenvalue weighted by Gasteiger charge is -2.24. The van der Waals surface area contributed by atoms with E-state index < -0.39 is 0 Å². The van der Waals surface area contributed by atoms with Gasteiger partial charge in [0.15, 0.2) is 5.84 Å². The number of hydrogen-bond donors (Lipinski definition) is 1. The minimum atomic E-state index is -0.271. The highest BCUT2D eigenvalue weighted by Gasteiger charge is 2.21. The zero-order valence-electron chi connectivity index (χ0n) is 24.1. The monoisotopic (exact) mass is 563 g/mol. The summed E-state index contributed by atoms with van der Waals surface area (Å²) in [6.07, 6.45) is -0.271. The highest BCUT2D eigenvalue weighted by molar-refractivity contribution is 6.14. The van der Waals surface area contributed by atoms with E-state index in [-0.39, 0.29) is 6.17 Å². The summed E-state index contributed by atoms with van der Waals surface area (Å²) < 4.78 is 0. The van der Waals surface area contributed by atoms with Crippen molar-refractivity contribution in [1.82, 2.24) is 5.32 Å². The number of aliphatic imine (C=N–C) groups is 2. The fourth-order valence-electron chi connectivity index (χ4n) is 5.93. The quantitative estimate of drug-likeness (QED) is 0.222. The number of amidine groups is 2. The highest BCUT2D eigenvalue weighted by Crippen LogP contribution is 2.30. The molecule has 1 unspecified atom stereocenters. The van der Waals surface area contributed by atoms with E-state index in [1.54, 1.807) is 0 Å². The molecule has 0 aromatic heterocycles. The predicted molar refractivity (Wildman–Crippen MR) is 184 cm³/mol. The van der Waals surface area contributed by atoms with Crippen LogP contribution in [-0.4, -0.2) is 11.7 Å². The SMILES string of the molecule is c1ccc(C2=NC(c3ccc4cc(-c5ccccc5)ccc4c3)=NC(c3ccc4cc(-c5ccccc5)ccc4c3)N2)cc1. The number of benzene rings is 7. The lowest BCUT2D eigenvalue weighted by atomic mass is 9.99. The Hall–Kier alpha value is -5.80. The molecule has 1 aliphatic heterocycles. The fourth-order valence-corrected chi connectivity index (χ4v) is 5.93. The molecule has 8 rings (SSSR count). The maximum Gasteiger partial charge on any atom is 0.159 e. The Morgan fingerprint density at radius 2 is 0.841 bits per heavy atom. The molecule has 1 N–H and O–H groups in total. The molecule has 0 spiro atoms. The number of nitrogens with one attached hydrogen (secondary N) is 1. The molecule has 3 nitrogen and oxygen atoms in total. The third kappa shape index (κ3) is 5.05. The first-order valence-corrected chi connectivity index (χ1v) is 14.9. The van der Waals surface area contributed by atoms with Gasteiger partial charge in [-0.2, -0.15) is 0 Å². The molecule has 0 aliphatic carbocycles. The van der Waals surface area contributed by atoms with Crippen LogP contribution in [0.5, 0.6) is 0 Å². The van der Waals surface area contributed by atoms with Crippen molar-refractivity contribution in [1.29, 1.82) is 0 Å². The Bertz CT molecular complexity index is 2180. The van der Waals surface area contributed by atoms with Gasteiger partial charge in [-0.25, -0.2) is 9.98 Å². The maximum absolute atomic E-state index is 5.16. The molecule has 44 heavy (non-hydrogen) atoms. The van der Waals surface area contributed by atoms with E-state index in [4.69, 9.17) is 9.98 Å². The van der Waals surface area contributed by atoms with Crippen molar-refractivity contribution < 1.29 is 0 Å². The van der Waals surface area contributed by atoms with Crippen LogP contribution < -0.4 is 5.32 Å². The first-order chi connectivity index (χ1) is 21.8. The predicted octanol–water partition coefficient (Wildman–Crippen LogP) is 9.82. The molecule has 1 aliphatic rings. The topological polar surface area (TPSA) is 36.8 Å². The van der Waals surface area contributed by atoms with Gasteiger partial charge >= 0.3 is 0 Å². The average Bonchev–Trinajstić information content (AvgIpc) is 3.11. The van der Waals surface area contributed by atoms with Gasteiger partial charge in [0.05, 0.1) is 0 Å². The van der Waals surface area contributed by atoms with Gasteiger partial charge in [0.2, 0.25) is 0 Å². The van der Waals surface area contributed by atoms with Crippen molar-refractivity contribution in [2.45, 2.75) is 6.17 Å². The normalized spacial score (nSPS) is 14.6. The summed E-state index contributed by atoms with van der Waals surface area (Å²) in [4.78, 5) is 10.2. The minimum Gasteiger partial charge on any atom is -0.344 e. The summed E-state index contributed by atoms with van der Waals surface area (Å²) in [6.45, 7) is 0. The van der Waals surface area contributed by atoms with Crippen molar-refractivity contribution in [2.75, 3.05) is 0 Å². The summed E-state index contributed by atoms with van der Waals surface area (Å²) in [5.74, 6) is 1.54. The van der Waals surface area contributed by atoms with Crippen LogP contribution in [0.3, 0.4) is 0 Å². The van der Waals surface area contributed by atoms with Gasteiger partial charge in [-0.05, 0) is 73.6 Å². The van der Waals surface area contributed by atoms with Gasteiger partial charge < -0.3 is 5.32 Å². The van der Waals surface area contributed by atoms with Gasteiger partial charge in [-0.3, -0.25) is 0 Å². The summed E-state index contributed by atoms with van der Waals surface area (Å²) in [7, 11) is 0. The van der Waals surface area contributed by atoms with Gasteiger partial charge in [0, 0.05) is 11.1 Å². The van der Waals surface area contributed by atoms with Gasteiger partial charge in [-0.1, -0.05) is 140 Å². The summed E-state index contributed by atoms with van der Waals surface area (Å²) in [6, 6.07) is 57.7. The molecular formula is C41H29N3. The molecule has 208 valence electrons. The van der Waals surface area contributed by atoms with E-state index in [0.29, 0.717) is 0 Å². The Labute approximate surface area is 256 Å². The molecule has 0 saturated heterocycles. The molecule has 0 bridgehead atoms. The summed E-state index contributed by atoms with van der Waals surface area (Å²) in [5, 5.41) is 8.36. The molecule has 1 heterocycles. The highest BCUT2D eigenvalue weighted by atomic mass is 15.2. The van der Waals surface area contributed by atoms with Crippen LogP contribution in [0, 0.1) is 0 Å².